The van der Waals surface area contributed by atoms with Gasteiger partial charge in [0.15, 0.2) is 0 Å². The Hall–Kier alpha value is -0.570. The fraction of sp³-hybridized carbons (Fsp3) is 0.889. The van der Waals surface area contributed by atoms with Crippen molar-refractivity contribution >= 4 is 5.91 Å². The monoisotopic (exact) mass is 172 g/mol. The Labute approximate surface area is 74.9 Å². The second kappa shape index (κ2) is 7.10. The summed E-state index contributed by atoms with van der Waals surface area (Å²) in [6, 6.07) is 0. The maximum atomic E-state index is 10.5. The molecule has 0 aromatic carbocycles. The Morgan fingerprint density at radius 1 is 1.33 bits per heavy atom. The zero-order valence-electron chi connectivity index (χ0n) is 8.18. The van der Waals surface area contributed by atoms with Crippen molar-refractivity contribution in [3.05, 3.63) is 0 Å². The highest BCUT2D eigenvalue weighted by Crippen LogP contribution is 1.99. The van der Waals surface area contributed by atoms with Crippen molar-refractivity contribution in [2.75, 3.05) is 20.1 Å². The van der Waals surface area contributed by atoms with E-state index in [0.29, 0.717) is 6.54 Å². The molecule has 2 N–H and O–H groups in total. The zero-order chi connectivity index (χ0) is 9.40. The maximum absolute atomic E-state index is 10.5. The van der Waals surface area contributed by atoms with Gasteiger partial charge in [-0.25, -0.2) is 0 Å². The van der Waals surface area contributed by atoms with E-state index in [1.54, 1.807) is 0 Å². The summed E-state index contributed by atoms with van der Waals surface area (Å²) in [7, 11) is 1.93. The van der Waals surface area contributed by atoms with Gasteiger partial charge in [-0.1, -0.05) is 26.2 Å². The van der Waals surface area contributed by atoms with E-state index in [0.717, 1.165) is 13.0 Å². The van der Waals surface area contributed by atoms with Crippen molar-refractivity contribution in [1.29, 1.82) is 0 Å². The fourth-order valence-electron chi connectivity index (χ4n) is 1.15. The highest BCUT2D eigenvalue weighted by atomic mass is 16.1. The van der Waals surface area contributed by atoms with Crippen LogP contribution in [0, 0.1) is 0 Å². The van der Waals surface area contributed by atoms with Crippen LogP contribution in [0.4, 0.5) is 0 Å². The molecule has 12 heavy (non-hydrogen) atoms. The lowest BCUT2D eigenvalue weighted by atomic mass is 10.2. The molecular formula is C9H20N2O. The first kappa shape index (κ1) is 11.4. The first-order valence-electron chi connectivity index (χ1n) is 4.63. The summed E-state index contributed by atoms with van der Waals surface area (Å²) in [6.07, 6.45) is 4.95. The minimum Gasteiger partial charge on any atom is -0.369 e. The van der Waals surface area contributed by atoms with Crippen LogP contribution in [-0.4, -0.2) is 30.9 Å². The number of amides is 1. The lowest BCUT2D eigenvalue weighted by Crippen LogP contribution is -2.31. The fourth-order valence-corrected chi connectivity index (χ4v) is 1.15. The number of nitrogens with two attached hydrogens (primary N) is 1. The minimum absolute atomic E-state index is 0.243. The smallest absolute Gasteiger partial charge is 0.231 e. The van der Waals surface area contributed by atoms with Gasteiger partial charge < -0.3 is 5.73 Å². The predicted octanol–water partition coefficient (Wildman–Crippen LogP) is 0.984. The molecule has 0 spiro atoms. The third-order valence-corrected chi connectivity index (χ3v) is 1.82. The van der Waals surface area contributed by atoms with Crippen molar-refractivity contribution in [3.63, 3.8) is 0 Å². The van der Waals surface area contributed by atoms with Crippen molar-refractivity contribution in [3.8, 4) is 0 Å². The molecule has 0 rings (SSSR count). The van der Waals surface area contributed by atoms with Gasteiger partial charge in [-0.05, 0) is 20.0 Å². The average molecular weight is 172 g/mol. The number of nitrogens with zero attached hydrogens (tertiary/aromatic N) is 1. The Bertz CT molecular complexity index is 126. The van der Waals surface area contributed by atoms with Crippen LogP contribution in [0.2, 0.25) is 0 Å². The molecule has 0 saturated carbocycles. The summed E-state index contributed by atoms with van der Waals surface area (Å²) >= 11 is 0. The number of carbonyl (C=O) groups is 1. The van der Waals surface area contributed by atoms with Crippen LogP contribution in [0.5, 0.6) is 0 Å². The maximum Gasteiger partial charge on any atom is 0.231 e. The van der Waals surface area contributed by atoms with E-state index in [2.05, 4.69) is 6.92 Å². The first-order chi connectivity index (χ1) is 5.66. The molecule has 0 fully saturated rings. The molecule has 0 heterocycles. The number of likely N-dealkylation sites (N-methyl/N-ethyl adjacent to an activating group) is 1. The van der Waals surface area contributed by atoms with E-state index in [4.69, 9.17) is 5.73 Å². The quantitative estimate of drug-likeness (QED) is 0.582. The zero-order valence-corrected chi connectivity index (χ0v) is 8.18. The van der Waals surface area contributed by atoms with Crippen LogP contribution in [-0.2, 0) is 4.79 Å². The van der Waals surface area contributed by atoms with Gasteiger partial charge >= 0.3 is 0 Å². The van der Waals surface area contributed by atoms with Crippen LogP contribution in [0.15, 0.2) is 0 Å². The molecule has 1 amide bonds. The van der Waals surface area contributed by atoms with Crippen LogP contribution in [0.25, 0.3) is 0 Å². The number of unbranched alkanes of at least 4 members (excludes halogenated alkanes) is 3. The predicted molar refractivity (Wildman–Crippen MR) is 50.8 cm³/mol. The molecule has 0 aliphatic carbocycles. The van der Waals surface area contributed by atoms with Gasteiger partial charge in [0.1, 0.15) is 0 Å². The molecular weight excluding hydrogens is 152 g/mol. The third kappa shape index (κ3) is 7.54. The number of primary amides is 1. The Balaban J connectivity index is 3.19. The standard InChI is InChI=1S/C9H20N2O/c1-3-4-5-6-7-11(2)8-9(10)12/h3-8H2,1-2H3,(H2,10,12). The summed E-state index contributed by atoms with van der Waals surface area (Å²) in [6.45, 7) is 3.54. The van der Waals surface area contributed by atoms with Gasteiger partial charge in [-0.15, -0.1) is 0 Å². The molecule has 0 aromatic rings. The van der Waals surface area contributed by atoms with Gasteiger partial charge in [-0.2, -0.15) is 0 Å². The van der Waals surface area contributed by atoms with Crippen LogP contribution in [0.1, 0.15) is 32.6 Å². The molecule has 0 aromatic heterocycles. The van der Waals surface area contributed by atoms with Gasteiger partial charge in [0, 0.05) is 0 Å². The van der Waals surface area contributed by atoms with Gasteiger partial charge in [-0.3, -0.25) is 9.69 Å². The molecule has 0 saturated heterocycles. The van der Waals surface area contributed by atoms with Gasteiger partial charge in [0.05, 0.1) is 6.54 Å². The molecule has 0 atom stereocenters. The Kier molecular flexibility index (Phi) is 6.76. The summed E-state index contributed by atoms with van der Waals surface area (Å²) in [4.78, 5) is 12.4. The largest absolute Gasteiger partial charge is 0.369 e. The summed E-state index contributed by atoms with van der Waals surface area (Å²) in [5, 5.41) is 0. The molecule has 0 aliphatic heterocycles. The average Bonchev–Trinajstić information content (AvgIpc) is 1.97. The van der Waals surface area contributed by atoms with Crippen molar-refractivity contribution in [2.45, 2.75) is 32.6 Å². The number of hydrogen-bond donors (Lipinski definition) is 1. The normalized spacial score (nSPS) is 10.6. The van der Waals surface area contributed by atoms with E-state index in [9.17, 15) is 4.79 Å². The first-order valence-corrected chi connectivity index (χ1v) is 4.63. The molecule has 0 unspecified atom stereocenters. The minimum atomic E-state index is -0.243. The number of carbonyl (C=O) groups excluding carboxylic acids is 1. The van der Waals surface area contributed by atoms with E-state index in [1.165, 1.54) is 19.3 Å². The highest BCUT2D eigenvalue weighted by molar-refractivity contribution is 5.75. The lowest BCUT2D eigenvalue weighted by molar-refractivity contribution is -0.118. The van der Waals surface area contributed by atoms with E-state index >= 15 is 0 Å². The Morgan fingerprint density at radius 3 is 2.50 bits per heavy atom. The topological polar surface area (TPSA) is 46.3 Å². The van der Waals surface area contributed by atoms with Crippen LogP contribution in [0.3, 0.4) is 0 Å². The summed E-state index contributed by atoms with van der Waals surface area (Å²) in [5.74, 6) is -0.243. The molecule has 3 nitrogen and oxygen atoms in total. The second-order valence-corrected chi connectivity index (χ2v) is 3.26. The van der Waals surface area contributed by atoms with Crippen molar-refractivity contribution < 1.29 is 4.79 Å². The molecule has 0 radical (unpaired) electrons. The molecule has 72 valence electrons. The van der Waals surface area contributed by atoms with E-state index in [1.807, 2.05) is 11.9 Å². The SMILES string of the molecule is CCCCCCN(C)CC(N)=O. The summed E-state index contributed by atoms with van der Waals surface area (Å²) in [5.41, 5.74) is 5.04. The number of rotatable bonds is 7. The van der Waals surface area contributed by atoms with Crippen molar-refractivity contribution in [2.24, 2.45) is 5.73 Å². The van der Waals surface area contributed by atoms with Crippen molar-refractivity contribution in [1.82, 2.24) is 4.90 Å². The van der Waals surface area contributed by atoms with Crippen LogP contribution >= 0.6 is 0 Å². The summed E-state index contributed by atoms with van der Waals surface area (Å²) < 4.78 is 0. The van der Waals surface area contributed by atoms with E-state index in [-0.39, 0.29) is 5.91 Å². The third-order valence-electron chi connectivity index (χ3n) is 1.82. The van der Waals surface area contributed by atoms with Gasteiger partial charge in [0.25, 0.3) is 0 Å². The highest BCUT2D eigenvalue weighted by Gasteiger charge is 2.00. The van der Waals surface area contributed by atoms with Crippen LogP contribution < -0.4 is 5.73 Å². The molecule has 0 aliphatic rings. The Morgan fingerprint density at radius 2 is 2.00 bits per heavy atom. The lowest BCUT2D eigenvalue weighted by Gasteiger charge is -2.13. The van der Waals surface area contributed by atoms with Gasteiger partial charge in [0.2, 0.25) is 5.91 Å². The molecule has 0 bridgehead atoms. The molecule has 3 heteroatoms. The number of hydrogen-bond acceptors (Lipinski definition) is 2. The second-order valence-electron chi connectivity index (χ2n) is 3.26. The van der Waals surface area contributed by atoms with E-state index < -0.39 is 0 Å².